The van der Waals surface area contributed by atoms with Crippen molar-refractivity contribution in [1.29, 1.82) is 0 Å². The summed E-state index contributed by atoms with van der Waals surface area (Å²) in [5, 5.41) is 2.93. The van der Waals surface area contributed by atoms with E-state index in [-0.39, 0.29) is 11.6 Å². The summed E-state index contributed by atoms with van der Waals surface area (Å²) in [6.07, 6.45) is 3.70. The van der Waals surface area contributed by atoms with Gasteiger partial charge in [-0.3, -0.25) is 9.78 Å². The molecule has 7 heteroatoms. The summed E-state index contributed by atoms with van der Waals surface area (Å²) in [5.74, 6) is -0.433. The molecule has 0 aliphatic carbocycles. The van der Waals surface area contributed by atoms with Crippen LogP contribution in [0.2, 0.25) is 0 Å². The Labute approximate surface area is 98.4 Å². The van der Waals surface area contributed by atoms with Crippen LogP contribution in [0.3, 0.4) is 0 Å². The van der Waals surface area contributed by atoms with E-state index in [2.05, 4.69) is 20.0 Å². The van der Waals surface area contributed by atoms with Crippen molar-refractivity contribution in [2.45, 2.75) is 12.8 Å². The summed E-state index contributed by atoms with van der Waals surface area (Å²) in [7, 11) is 1.27. The predicted molar refractivity (Wildman–Crippen MR) is 60.3 cm³/mol. The number of aromatic nitrogens is 2. The summed E-state index contributed by atoms with van der Waals surface area (Å²) in [6.45, 7) is 0.530. The van der Waals surface area contributed by atoms with Crippen LogP contribution in [-0.4, -0.2) is 35.5 Å². The van der Waals surface area contributed by atoms with Gasteiger partial charge in [0.25, 0.3) is 0 Å². The van der Waals surface area contributed by atoms with Crippen molar-refractivity contribution in [3.8, 4) is 0 Å². The van der Waals surface area contributed by atoms with E-state index < -0.39 is 5.97 Å². The van der Waals surface area contributed by atoms with Gasteiger partial charge in [-0.2, -0.15) is 0 Å². The van der Waals surface area contributed by atoms with Gasteiger partial charge in [-0.25, -0.2) is 9.78 Å². The third-order valence-electron chi connectivity index (χ3n) is 1.94. The van der Waals surface area contributed by atoms with E-state index >= 15 is 0 Å². The van der Waals surface area contributed by atoms with Gasteiger partial charge in [0.2, 0.25) is 5.91 Å². The third-order valence-corrected chi connectivity index (χ3v) is 1.94. The Balaban J connectivity index is 2.48. The van der Waals surface area contributed by atoms with Gasteiger partial charge in [0, 0.05) is 13.0 Å². The summed E-state index contributed by atoms with van der Waals surface area (Å²) in [6, 6.07) is 0. The molecule has 0 saturated carbocycles. The fourth-order valence-electron chi connectivity index (χ4n) is 1.13. The van der Waals surface area contributed by atoms with Gasteiger partial charge < -0.3 is 15.8 Å². The Hall–Kier alpha value is -2.18. The minimum Gasteiger partial charge on any atom is -0.464 e. The molecule has 3 N–H and O–H groups in total. The van der Waals surface area contributed by atoms with Crippen molar-refractivity contribution in [1.82, 2.24) is 9.97 Å². The number of ether oxygens (including phenoxy) is 1. The molecule has 0 atom stereocenters. The molecule has 1 heterocycles. The zero-order chi connectivity index (χ0) is 12.7. The molecule has 1 amide bonds. The van der Waals surface area contributed by atoms with Crippen LogP contribution in [0.5, 0.6) is 0 Å². The number of amides is 1. The van der Waals surface area contributed by atoms with Crippen molar-refractivity contribution >= 4 is 17.7 Å². The van der Waals surface area contributed by atoms with Crippen LogP contribution in [0.25, 0.3) is 0 Å². The molecule has 0 spiro atoms. The van der Waals surface area contributed by atoms with Crippen molar-refractivity contribution in [3.63, 3.8) is 0 Å². The maximum atomic E-state index is 11.2. The number of methoxy groups -OCH3 is 1. The monoisotopic (exact) mass is 238 g/mol. The Bertz CT molecular complexity index is 408. The third kappa shape index (κ3) is 4.45. The standard InChI is InChI=1S/C10H14N4O3/c1-17-10(16)7-5-12-6-9(14-7)13-4-2-3-8(11)15/h5-6H,2-4H2,1H3,(H2,11,15)(H,13,14). The number of nitrogens with two attached hydrogens (primary N) is 1. The van der Waals surface area contributed by atoms with Crippen molar-refractivity contribution < 1.29 is 14.3 Å². The van der Waals surface area contributed by atoms with E-state index in [9.17, 15) is 9.59 Å². The van der Waals surface area contributed by atoms with E-state index in [1.54, 1.807) is 0 Å². The number of carbonyl (C=O) groups is 2. The highest BCUT2D eigenvalue weighted by Crippen LogP contribution is 2.03. The molecule has 0 fully saturated rings. The van der Waals surface area contributed by atoms with E-state index in [4.69, 9.17) is 5.73 Å². The lowest BCUT2D eigenvalue weighted by molar-refractivity contribution is -0.118. The zero-order valence-electron chi connectivity index (χ0n) is 9.47. The molecule has 1 rings (SSSR count). The SMILES string of the molecule is COC(=O)c1cncc(NCCCC(N)=O)n1. The second-order valence-electron chi connectivity index (χ2n) is 3.28. The highest BCUT2D eigenvalue weighted by atomic mass is 16.5. The van der Waals surface area contributed by atoms with E-state index in [0.29, 0.717) is 25.2 Å². The molecule has 0 bridgehead atoms. The number of primary amides is 1. The summed E-state index contributed by atoms with van der Waals surface area (Å²) in [5.41, 5.74) is 5.13. The van der Waals surface area contributed by atoms with Crippen LogP contribution < -0.4 is 11.1 Å². The lowest BCUT2D eigenvalue weighted by Gasteiger charge is -2.05. The quantitative estimate of drug-likeness (QED) is 0.531. The topological polar surface area (TPSA) is 107 Å². The Morgan fingerprint density at radius 1 is 1.47 bits per heavy atom. The van der Waals surface area contributed by atoms with Gasteiger partial charge >= 0.3 is 5.97 Å². The Morgan fingerprint density at radius 2 is 2.24 bits per heavy atom. The Morgan fingerprint density at radius 3 is 2.88 bits per heavy atom. The van der Waals surface area contributed by atoms with Crippen LogP contribution in [0, 0.1) is 0 Å². The van der Waals surface area contributed by atoms with Crippen LogP contribution in [-0.2, 0) is 9.53 Å². The van der Waals surface area contributed by atoms with Gasteiger partial charge in [-0.15, -0.1) is 0 Å². The molecule has 17 heavy (non-hydrogen) atoms. The molecular weight excluding hydrogens is 224 g/mol. The highest BCUT2D eigenvalue weighted by molar-refractivity contribution is 5.87. The average molecular weight is 238 g/mol. The minimum atomic E-state index is -0.543. The zero-order valence-corrected chi connectivity index (χ0v) is 9.47. The second-order valence-corrected chi connectivity index (χ2v) is 3.28. The molecule has 1 aromatic heterocycles. The molecule has 0 aliphatic heterocycles. The van der Waals surface area contributed by atoms with Crippen molar-refractivity contribution in [2.24, 2.45) is 5.73 Å². The van der Waals surface area contributed by atoms with Crippen molar-refractivity contribution in [2.75, 3.05) is 19.0 Å². The second kappa shape index (κ2) is 6.41. The first-order valence-corrected chi connectivity index (χ1v) is 5.06. The molecule has 0 saturated heterocycles. The van der Waals surface area contributed by atoms with E-state index in [0.717, 1.165) is 0 Å². The summed E-state index contributed by atoms with van der Waals surface area (Å²) >= 11 is 0. The fraction of sp³-hybridized carbons (Fsp3) is 0.400. The first-order valence-electron chi connectivity index (χ1n) is 5.06. The van der Waals surface area contributed by atoms with Gasteiger partial charge in [-0.1, -0.05) is 0 Å². The predicted octanol–water partition coefficient (Wildman–Crippen LogP) is -0.0594. The number of esters is 1. The largest absolute Gasteiger partial charge is 0.464 e. The van der Waals surface area contributed by atoms with Gasteiger partial charge in [0.05, 0.1) is 19.5 Å². The van der Waals surface area contributed by atoms with Crippen LogP contribution in [0.4, 0.5) is 5.82 Å². The maximum Gasteiger partial charge on any atom is 0.358 e. The molecule has 0 radical (unpaired) electrons. The molecule has 0 aliphatic rings. The van der Waals surface area contributed by atoms with Crippen LogP contribution in [0.1, 0.15) is 23.3 Å². The number of nitrogens with zero attached hydrogens (tertiary/aromatic N) is 2. The fourth-order valence-corrected chi connectivity index (χ4v) is 1.13. The highest BCUT2D eigenvalue weighted by Gasteiger charge is 2.08. The maximum absolute atomic E-state index is 11.2. The normalized spacial score (nSPS) is 9.71. The van der Waals surface area contributed by atoms with Crippen LogP contribution in [0.15, 0.2) is 12.4 Å². The molecule has 0 unspecified atom stereocenters. The molecular formula is C10H14N4O3. The van der Waals surface area contributed by atoms with Crippen LogP contribution >= 0.6 is 0 Å². The summed E-state index contributed by atoms with van der Waals surface area (Å²) < 4.78 is 4.52. The smallest absolute Gasteiger partial charge is 0.358 e. The first-order chi connectivity index (χ1) is 8.13. The molecule has 0 aromatic carbocycles. The van der Waals surface area contributed by atoms with E-state index in [1.807, 2.05) is 0 Å². The van der Waals surface area contributed by atoms with Gasteiger partial charge in [-0.05, 0) is 6.42 Å². The first kappa shape index (κ1) is 12.9. The van der Waals surface area contributed by atoms with Gasteiger partial charge in [0.1, 0.15) is 5.82 Å². The van der Waals surface area contributed by atoms with Crippen molar-refractivity contribution in [3.05, 3.63) is 18.1 Å². The lowest BCUT2D eigenvalue weighted by Crippen LogP contribution is -2.13. The Kier molecular flexibility index (Phi) is 4.86. The number of nitrogens with one attached hydrogen (secondary N) is 1. The van der Waals surface area contributed by atoms with E-state index in [1.165, 1.54) is 19.5 Å². The molecule has 7 nitrogen and oxygen atoms in total. The number of hydrogen-bond donors (Lipinski definition) is 2. The number of rotatable bonds is 6. The average Bonchev–Trinajstić information content (AvgIpc) is 2.34. The lowest BCUT2D eigenvalue weighted by atomic mass is 10.3. The molecule has 1 aromatic rings. The number of hydrogen-bond acceptors (Lipinski definition) is 6. The molecule has 92 valence electrons. The minimum absolute atomic E-state index is 0.132. The number of carbonyl (C=O) groups excluding carboxylic acids is 2. The summed E-state index contributed by atoms with van der Waals surface area (Å²) in [4.78, 5) is 29.5. The van der Waals surface area contributed by atoms with Gasteiger partial charge in [0.15, 0.2) is 5.69 Å². The number of anilines is 1.